The highest BCUT2D eigenvalue weighted by Gasteiger charge is 2.32. The van der Waals surface area contributed by atoms with E-state index < -0.39 is 12.0 Å². The third kappa shape index (κ3) is 3.65. The molecule has 1 aromatic carbocycles. The van der Waals surface area contributed by atoms with Gasteiger partial charge in [-0.25, -0.2) is 4.79 Å². The predicted molar refractivity (Wildman–Crippen MR) is 75.5 cm³/mol. The Morgan fingerprint density at radius 3 is 2.67 bits per heavy atom. The van der Waals surface area contributed by atoms with Gasteiger partial charge in [0, 0.05) is 6.54 Å². The maximum atomic E-state index is 12.2. The van der Waals surface area contributed by atoms with Crippen LogP contribution in [-0.2, 0) is 9.59 Å². The zero-order chi connectivity index (χ0) is 15.2. The molecular formula is C15H19NO5. The smallest absolute Gasteiger partial charge is 0.326 e. The molecule has 1 atom stereocenters. The van der Waals surface area contributed by atoms with Gasteiger partial charge in [-0.2, -0.15) is 0 Å². The van der Waals surface area contributed by atoms with Gasteiger partial charge < -0.3 is 19.5 Å². The minimum absolute atomic E-state index is 0.190. The number of benzene rings is 1. The predicted octanol–water partition coefficient (Wildman–Crippen LogP) is 1.54. The maximum absolute atomic E-state index is 12.2. The number of piperidine rings is 1. The summed E-state index contributed by atoms with van der Waals surface area (Å²) in [5.74, 6) is -0.260. The normalized spacial score (nSPS) is 18.1. The summed E-state index contributed by atoms with van der Waals surface area (Å²) in [6.45, 7) is 0.273. The lowest BCUT2D eigenvalue weighted by Gasteiger charge is -2.32. The number of para-hydroxylation sites is 2. The van der Waals surface area contributed by atoms with E-state index in [1.165, 1.54) is 12.0 Å². The molecule has 0 unspecified atom stereocenters. The maximum Gasteiger partial charge on any atom is 0.326 e. The van der Waals surface area contributed by atoms with Gasteiger partial charge >= 0.3 is 5.97 Å². The molecule has 0 radical (unpaired) electrons. The van der Waals surface area contributed by atoms with Crippen LogP contribution >= 0.6 is 0 Å². The number of carboxylic acid groups (broad SMARTS) is 1. The summed E-state index contributed by atoms with van der Waals surface area (Å²) >= 11 is 0. The molecule has 0 aromatic heterocycles. The van der Waals surface area contributed by atoms with E-state index in [2.05, 4.69) is 0 Å². The van der Waals surface area contributed by atoms with Crippen molar-refractivity contribution in [1.82, 2.24) is 4.90 Å². The van der Waals surface area contributed by atoms with Crippen LogP contribution in [0.5, 0.6) is 11.5 Å². The summed E-state index contributed by atoms with van der Waals surface area (Å²) in [5.41, 5.74) is 0. The highest BCUT2D eigenvalue weighted by Crippen LogP contribution is 2.26. The lowest BCUT2D eigenvalue weighted by atomic mass is 10.0. The molecule has 6 heteroatoms. The second kappa shape index (κ2) is 6.97. The summed E-state index contributed by atoms with van der Waals surface area (Å²) in [4.78, 5) is 24.8. The van der Waals surface area contributed by atoms with Crippen LogP contribution in [0.25, 0.3) is 0 Å². The van der Waals surface area contributed by atoms with Crippen LogP contribution in [0.2, 0.25) is 0 Å². The first kappa shape index (κ1) is 15.2. The minimum Gasteiger partial charge on any atom is -0.493 e. The average Bonchev–Trinajstić information content (AvgIpc) is 2.52. The van der Waals surface area contributed by atoms with E-state index in [0.717, 1.165) is 12.8 Å². The van der Waals surface area contributed by atoms with Crippen molar-refractivity contribution in [3.8, 4) is 11.5 Å². The number of aliphatic carboxylic acids is 1. The van der Waals surface area contributed by atoms with Crippen molar-refractivity contribution in [1.29, 1.82) is 0 Å². The SMILES string of the molecule is COc1ccccc1OCC(=O)N1CCCC[C@@H]1C(=O)O. The first-order valence-corrected chi connectivity index (χ1v) is 6.91. The number of hydrogen-bond acceptors (Lipinski definition) is 4. The van der Waals surface area contributed by atoms with Gasteiger partial charge in [-0.3, -0.25) is 4.79 Å². The molecule has 1 aliphatic rings. The van der Waals surface area contributed by atoms with Gasteiger partial charge in [0.2, 0.25) is 0 Å². The van der Waals surface area contributed by atoms with Crippen molar-refractivity contribution in [2.24, 2.45) is 0 Å². The molecule has 0 saturated carbocycles. The molecule has 1 amide bonds. The summed E-state index contributed by atoms with van der Waals surface area (Å²) in [6, 6.07) is 6.28. The number of amides is 1. The second-order valence-corrected chi connectivity index (χ2v) is 4.88. The Morgan fingerprint density at radius 2 is 2.00 bits per heavy atom. The summed E-state index contributed by atoms with van der Waals surface area (Å²) in [7, 11) is 1.52. The molecule has 6 nitrogen and oxygen atoms in total. The second-order valence-electron chi connectivity index (χ2n) is 4.88. The number of carbonyl (C=O) groups is 2. The Labute approximate surface area is 123 Å². The van der Waals surface area contributed by atoms with E-state index in [9.17, 15) is 14.7 Å². The number of carboxylic acids is 1. The fourth-order valence-electron chi connectivity index (χ4n) is 2.45. The van der Waals surface area contributed by atoms with E-state index in [1.807, 2.05) is 0 Å². The van der Waals surface area contributed by atoms with Crippen LogP contribution in [-0.4, -0.2) is 48.2 Å². The van der Waals surface area contributed by atoms with E-state index >= 15 is 0 Å². The van der Waals surface area contributed by atoms with E-state index in [-0.39, 0.29) is 12.5 Å². The highest BCUT2D eigenvalue weighted by molar-refractivity contribution is 5.84. The van der Waals surface area contributed by atoms with Crippen molar-refractivity contribution >= 4 is 11.9 Å². The fourth-order valence-corrected chi connectivity index (χ4v) is 2.45. The average molecular weight is 293 g/mol. The number of hydrogen-bond donors (Lipinski definition) is 1. The van der Waals surface area contributed by atoms with Gasteiger partial charge in [0.1, 0.15) is 6.04 Å². The van der Waals surface area contributed by atoms with Crippen molar-refractivity contribution in [2.45, 2.75) is 25.3 Å². The minimum atomic E-state index is -0.958. The Bertz CT molecular complexity index is 517. The number of ether oxygens (including phenoxy) is 2. The van der Waals surface area contributed by atoms with E-state index in [0.29, 0.717) is 24.5 Å². The molecule has 114 valence electrons. The van der Waals surface area contributed by atoms with Crippen LogP contribution in [0.1, 0.15) is 19.3 Å². The highest BCUT2D eigenvalue weighted by atomic mass is 16.5. The van der Waals surface area contributed by atoms with Gasteiger partial charge in [-0.05, 0) is 31.4 Å². The topological polar surface area (TPSA) is 76.1 Å². The van der Waals surface area contributed by atoms with E-state index in [4.69, 9.17) is 9.47 Å². The Balaban J connectivity index is 1.99. The summed E-state index contributed by atoms with van der Waals surface area (Å²) in [5, 5.41) is 9.17. The number of nitrogens with zero attached hydrogens (tertiary/aromatic N) is 1. The molecule has 2 rings (SSSR count). The molecule has 1 aromatic rings. The first-order chi connectivity index (χ1) is 10.1. The third-order valence-corrected chi connectivity index (χ3v) is 3.53. The first-order valence-electron chi connectivity index (χ1n) is 6.91. The van der Waals surface area contributed by atoms with Gasteiger partial charge in [0.15, 0.2) is 18.1 Å². The molecule has 0 aliphatic carbocycles. The van der Waals surface area contributed by atoms with Crippen LogP contribution in [0.4, 0.5) is 0 Å². The number of carbonyl (C=O) groups excluding carboxylic acids is 1. The molecule has 21 heavy (non-hydrogen) atoms. The van der Waals surface area contributed by atoms with Crippen LogP contribution in [0, 0.1) is 0 Å². The molecule has 1 saturated heterocycles. The van der Waals surface area contributed by atoms with Gasteiger partial charge in [-0.15, -0.1) is 0 Å². The molecule has 1 N–H and O–H groups in total. The van der Waals surface area contributed by atoms with Crippen molar-refractivity contribution < 1.29 is 24.2 Å². The van der Waals surface area contributed by atoms with Crippen LogP contribution in [0.3, 0.4) is 0 Å². The molecule has 1 aliphatic heterocycles. The van der Waals surface area contributed by atoms with Crippen molar-refractivity contribution in [3.63, 3.8) is 0 Å². The number of likely N-dealkylation sites (tertiary alicyclic amines) is 1. The Kier molecular flexibility index (Phi) is 5.03. The van der Waals surface area contributed by atoms with Gasteiger partial charge in [0.05, 0.1) is 7.11 Å². The lowest BCUT2D eigenvalue weighted by molar-refractivity contribution is -0.152. The van der Waals surface area contributed by atoms with Crippen molar-refractivity contribution in [2.75, 3.05) is 20.3 Å². The standard InChI is InChI=1S/C15H19NO5/c1-20-12-7-2-3-8-13(12)21-10-14(17)16-9-5-4-6-11(16)15(18)19/h2-3,7-8,11H,4-6,9-10H2,1H3,(H,18,19)/t11-/m1/s1. The number of rotatable bonds is 5. The van der Waals surface area contributed by atoms with Gasteiger partial charge in [0.25, 0.3) is 5.91 Å². The lowest BCUT2D eigenvalue weighted by Crippen LogP contribution is -2.49. The third-order valence-electron chi connectivity index (χ3n) is 3.53. The monoisotopic (exact) mass is 293 g/mol. The summed E-state index contributed by atoms with van der Waals surface area (Å²) in [6.07, 6.45) is 2.15. The van der Waals surface area contributed by atoms with Crippen molar-refractivity contribution in [3.05, 3.63) is 24.3 Å². The zero-order valence-electron chi connectivity index (χ0n) is 11.9. The largest absolute Gasteiger partial charge is 0.493 e. The zero-order valence-corrected chi connectivity index (χ0v) is 11.9. The van der Waals surface area contributed by atoms with Crippen LogP contribution in [0.15, 0.2) is 24.3 Å². The Hall–Kier alpha value is -2.24. The fraction of sp³-hybridized carbons (Fsp3) is 0.467. The number of methoxy groups -OCH3 is 1. The Morgan fingerprint density at radius 1 is 1.29 bits per heavy atom. The molecule has 1 fully saturated rings. The summed E-state index contributed by atoms with van der Waals surface area (Å²) < 4.78 is 10.6. The molecule has 0 spiro atoms. The van der Waals surface area contributed by atoms with Gasteiger partial charge in [-0.1, -0.05) is 12.1 Å². The quantitative estimate of drug-likeness (QED) is 0.891. The van der Waals surface area contributed by atoms with Crippen LogP contribution < -0.4 is 9.47 Å². The molecular weight excluding hydrogens is 274 g/mol. The molecule has 0 bridgehead atoms. The molecule has 1 heterocycles. The van der Waals surface area contributed by atoms with E-state index in [1.54, 1.807) is 24.3 Å².